The second kappa shape index (κ2) is 8.49. The van der Waals surface area contributed by atoms with Crippen LogP contribution < -0.4 is 14.8 Å². The molecule has 0 spiro atoms. The van der Waals surface area contributed by atoms with Gasteiger partial charge in [-0.05, 0) is 59.8 Å². The molecule has 2 aromatic rings. The molecule has 1 heterocycles. The summed E-state index contributed by atoms with van der Waals surface area (Å²) in [4.78, 5) is 27.6. The predicted molar refractivity (Wildman–Crippen MR) is 105 cm³/mol. The summed E-state index contributed by atoms with van der Waals surface area (Å²) in [5.41, 5.74) is 1.28. The molecule has 2 aromatic carbocycles. The Balaban J connectivity index is 1.78. The number of carbonyl (C=O) groups is 2. The topological polar surface area (TPSA) is 117 Å². The van der Waals surface area contributed by atoms with Gasteiger partial charge in [0, 0.05) is 0 Å². The highest BCUT2D eigenvalue weighted by atomic mass is 32.2. The van der Waals surface area contributed by atoms with E-state index in [1.165, 1.54) is 31.0 Å². The van der Waals surface area contributed by atoms with Gasteiger partial charge in [0.1, 0.15) is 5.75 Å². The zero-order valence-corrected chi connectivity index (χ0v) is 15.5. The van der Waals surface area contributed by atoms with Crippen LogP contribution in [0.25, 0.3) is 6.08 Å². The van der Waals surface area contributed by atoms with Crippen molar-refractivity contribution in [1.82, 2.24) is 5.32 Å². The molecule has 0 unspecified atom stereocenters. The van der Waals surface area contributed by atoms with Gasteiger partial charge in [0.15, 0.2) is 23.3 Å². The third-order valence-electron chi connectivity index (χ3n) is 3.57. The van der Waals surface area contributed by atoms with E-state index in [4.69, 9.17) is 14.6 Å². The Labute approximate surface area is 164 Å². The van der Waals surface area contributed by atoms with Crippen molar-refractivity contribution in [2.45, 2.75) is 0 Å². The number of aliphatic carboxylic acids is 1. The van der Waals surface area contributed by atoms with Crippen molar-refractivity contribution < 1.29 is 29.3 Å². The minimum absolute atomic E-state index is 0.136. The maximum absolute atomic E-state index is 12.2. The minimum Gasteiger partial charge on any atom is -0.508 e. The van der Waals surface area contributed by atoms with Crippen LogP contribution in [-0.4, -0.2) is 41.0 Å². The number of carboxylic acid groups (broad SMARTS) is 1. The molecule has 9 heteroatoms. The van der Waals surface area contributed by atoms with Gasteiger partial charge >= 0.3 is 5.97 Å². The number of aliphatic imine (C=N–C) groups is 1. The molecule has 3 N–H and O–H groups in total. The minimum atomic E-state index is -1.09. The lowest BCUT2D eigenvalue weighted by molar-refractivity contribution is -0.139. The number of benzene rings is 2. The van der Waals surface area contributed by atoms with Gasteiger partial charge in [0.2, 0.25) is 0 Å². The van der Waals surface area contributed by atoms with Gasteiger partial charge in [-0.2, -0.15) is 0 Å². The van der Waals surface area contributed by atoms with Gasteiger partial charge in [0.25, 0.3) is 5.91 Å². The summed E-state index contributed by atoms with van der Waals surface area (Å²) in [5.74, 6) is -0.583. The predicted octanol–water partition coefficient (Wildman–Crippen LogP) is 2.76. The van der Waals surface area contributed by atoms with E-state index in [0.717, 1.165) is 0 Å². The second-order valence-corrected chi connectivity index (χ2v) is 6.62. The Kier molecular flexibility index (Phi) is 5.85. The molecule has 1 amide bonds. The molecule has 1 saturated heterocycles. The van der Waals surface area contributed by atoms with Crippen LogP contribution in [0.1, 0.15) is 5.56 Å². The fraction of sp³-hybridized carbons (Fsp3) is 0.105. The summed E-state index contributed by atoms with van der Waals surface area (Å²) in [5, 5.41) is 21.1. The quantitative estimate of drug-likeness (QED) is 0.638. The number of carbonyl (C=O) groups excluding carboxylic acids is 1. The Morgan fingerprint density at radius 2 is 1.96 bits per heavy atom. The van der Waals surface area contributed by atoms with Crippen LogP contribution in [0, 0.1) is 0 Å². The van der Waals surface area contributed by atoms with E-state index < -0.39 is 12.6 Å². The maximum atomic E-state index is 12.2. The molecule has 28 heavy (non-hydrogen) atoms. The van der Waals surface area contributed by atoms with Gasteiger partial charge in [0.05, 0.1) is 17.7 Å². The largest absolute Gasteiger partial charge is 0.508 e. The fourth-order valence-electron chi connectivity index (χ4n) is 2.31. The molecule has 8 nitrogen and oxygen atoms in total. The zero-order valence-electron chi connectivity index (χ0n) is 14.7. The summed E-state index contributed by atoms with van der Waals surface area (Å²) in [6.07, 6.45) is 1.67. The first kappa shape index (κ1) is 19.3. The fourth-order valence-corrected chi connectivity index (χ4v) is 3.15. The van der Waals surface area contributed by atoms with Crippen LogP contribution in [-0.2, 0) is 9.59 Å². The molecule has 1 aliphatic rings. The molecular formula is C19H16N2O6S. The Hall–Kier alpha value is -3.46. The van der Waals surface area contributed by atoms with E-state index in [1.54, 1.807) is 36.4 Å². The number of amides is 1. The van der Waals surface area contributed by atoms with Gasteiger partial charge < -0.3 is 25.0 Å². The number of hydrogen-bond acceptors (Lipinski definition) is 7. The molecule has 1 aliphatic heterocycles. The first-order valence-electron chi connectivity index (χ1n) is 8.06. The highest BCUT2D eigenvalue weighted by Crippen LogP contribution is 2.32. The first-order valence-corrected chi connectivity index (χ1v) is 8.87. The summed E-state index contributed by atoms with van der Waals surface area (Å²) in [7, 11) is 1.44. The Morgan fingerprint density at radius 3 is 2.64 bits per heavy atom. The highest BCUT2D eigenvalue weighted by molar-refractivity contribution is 8.18. The molecule has 1 fully saturated rings. The summed E-state index contributed by atoms with van der Waals surface area (Å²) >= 11 is 1.18. The number of ether oxygens (including phenoxy) is 2. The second-order valence-electron chi connectivity index (χ2n) is 5.59. The van der Waals surface area contributed by atoms with Crippen LogP contribution in [0.4, 0.5) is 5.69 Å². The average Bonchev–Trinajstić information content (AvgIpc) is 3.01. The first-order chi connectivity index (χ1) is 13.4. The third kappa shape index (κ3) is 4.83. The zero-order chi connectivity index (χ0) is 20.1. The molecule has 3 rings (SSSR count). The molecule has 144 valence electrons. The van der Waals surface area contributed by atoms with Gasteiger partial charge in [-0.1, -0.05) is 6.07 Å². The van der Waals surface area contributed by atoms with Crippen molar-refractivity contribution >= 4 is 40.6 Å². The standard InChI is InChI=1S/C19H16N2O6S/c1-26-15-8-11(2-7-14(15)27-10-17(23)24)9-16-18(25)21-19(28-16)20-12-3-5-13(22)6-4-12/h2-9,22H,10H2,1H3,(H,23,24)(H,20,21,25)/b16-9+. The highest BCUT2D eigenvalue weighted by Gasteiger charge is 2.24. The number of rotatable bonds is 6. The lowest BCUT2D eigenvalue weighted by atomic mass is 10.2. The summed E-state index contributed by atoms with van der Waals surface area (Å²) < 4.78 is 10.4. The van der Waals surface area contributed by atoms with E-state index in [2.05, 4.69) is 10.3 Å². The van der Waals surface area contributed by atoms with Gasteiger partial charge in [-0.15, -0.1) is 0 Å². The van der Waals surface area contributed by atoms with Gasteiger partial charge in [-0.25, -0.2) is 9.79 Å². The Bertz CT molecular complexity index is 969. The van der Waals surface area contributed by atoms with Crippen molar-refractivity contribution in [3.63, 3.8) is 0 Å². The van der Waals surface area contributed by atoms with Crippen LogP contribution in [0.5, 0.6) is 17.2 Å². The van der Waals surface area contributed by atoms with Crippen molar-refractivity contribution in [3.8, 4) is 17.2 Å². The van der Waals surface area contributed by atoms with E-state index in [9.17, 15) is 14.7 Å². The molecule has 0 bridgehead atoms. The number of hydrogen-bond donors (Lipinski definition) is 3. The van der Waals surface area contributed by atoms with E-state index >= 15 is 0 Å². The normalized spacial score (nSPS) is 16.2. The maximum Gasteiger partial charge on any atom is 0.341 e. The number of nitrogens with one attached hydrogen (secondary N) is 1. The average molecular weight is 400 g/mol. The number of phenolic OH excluding ortho intramolecular Hbond substituents is 1. The van der Waals surface area contributed by atoms with E-state index in [1.807, 2.05) is 0 Å². The molecule has 0 saturated carbocycles. The summed E-state index contributed by atoms with van der Waals surface area (Å²) in [6.45, 7) is -0.480. The molecule has 0 aromatic heterocycles. The Morgan fingerprint density at radius 1 is 1.21 bits per heavy atom. The van der Waals surface area contributed by atoms with Crippen molar-refractivity contribution in [1.29, 1.82) is 0 Å². The molecular weight excluding hydrogens is 384 g/mol. The summed E-state index contributed by atoms with van der Waals surface area (Å²) in [6, 6.07) is 11.2. The van der Waals surface area contributed by atoms with Crippen LogP contribution in [0.3, 0.4) is 0 Å². The monoisotopic (exact) mass is 400 g/mol. The van der Waals surface area contributed by atoms with E-state index in [-0.39, 0.29) is 11.7 Å². The van der Waals surface area contributed by atoms with Crippen LogP contribution >= 0.6 is 11.8 Å². The lowest BCUT2D eigenvalue weighted by Crippen LogP contribution is -2.19. The lowest BCUT2D eigenvalue weighted by Gasteiger charge is -2.09. The van der Waals surface area contributed by atoms with E-state index in [0.29, 0.717) is 32.8 Å². The van der Waals surface area contributed by atoms with Crippen LogP contribution in [0.2, 0.25) is 0 Å². The van der Waals surface area contributed by atoms with Crippen molar-refractivity contribution in [3.05, 3.63) is 52.9 Å². The third-order valence-corrected chi connectivity index (χ3v) is 4.48. The van der Waals surface area contributed by atoms with Crippen molar-refractivity contribution in [2.75, 3.05) is 13.7 Å². The SMILES string of the molecule is COc1cc(/C=C2/SC(=Nc3ccc(O)cc3)NC2=O)ccc1OCC(=O)O. The number of nitrogens with zero attached hydrogens (tertiary/aromatic N) is 1. The molecule has 0 radical (unpaired) electrons. The number of thioether (sulfide) groups is 1. The number of amidine groups is 1. The van der Waals surface area contributed by atoms with Crippen LogP contribution in [0.15, 0.2) is 52.4 Å². The molecule has 0 aliphatic carbocycles. The number of methoxy groups -OCH3 is 1. The number of aromatic hydroxyl groups is 1. The van der Waals surface area contributed by atoms with Crippen molar-refractivity contribution in [2.24, 2.45) is 4.99 Å². The molecule has 0 atom stereocenters. The van der Waals surface area contributed by atoms with Gasteiger partial charge in [-0.3, -0.25) is 4.79 Å². The number of phenols is 1. The smallest absolute Gasteiger partial charge is 0.341 e. The number of carboxylic acids is 1.